The molecule has 0 aliphatic rings. The topological polar surface area (TPSA) is 42.0 Å². The van der Waals surface area contributed by atoms with Crippen LogP contribution < -0.4 is 5.32 Å². The lowest BCUT2D eigenvalue weighted by Crippen LogP contribution is -2.12. The minimum atomic E-state index is -0.408. The van der Waals surface area contributed by atoms with E-state index in [9.17, 15) is 13.6 Å². The highest BCUT2D eigenvalue weighted by Crippen LogP contribution is 2.22. The van der Waals surface area contributed by atoms with Crippen LogP contribution in [0.25, 0.3) is 11.1 Å². The van der Waals surface area contributed by atoms with Gasteiger partial charge in [-0.2, -0.15) is 0 Å². The molecule has 23 heavy (non-hydrogen) atoms. The Morgan fingerprint density at radius 2 is 1.65 bits per heavy atom. The summed E-state index contributed by atoms with van der Waals surface area (Å²) in [6, 6.07) is 14.8. The van der Waals surface area contributed by atoms with Crippen molar-refractivity contribution in [3.05, 3.63) is 84.1 Å². The van der Waals surface area contributed by atoms with E-state index >= 15 is 0 Å². The molecule has 0 aliphatic carbocycles. The molecule has 2 aromatic carbocycles. The molecule has 0 atom stereocenters. The molecule has 114 valence electrons. The number of aromatic nitrogens is 1. The molecule has 0 saturated carbocycles. The number of nitrogens with zero attached hydrogens (tertiary/aromatic N) is 1. The lowest BCUT2D eigenvalue weighted by Gasteiger charge is -2.06. The second-order valence-electron chi connectivity index (χ2n) is 4.87. The lowest BCUT2D eigenvalue weighted by molar-refractivity contribution is 0.102. The van der Waals surface area contributed by atoms with Crippen molar-refractivity contribution in [1.82, 2.24) is 4.98 Å². The molecule has 0 radical (unpaired) electrons. The van der Waals surface area contributed by atoms with Gasteiger partial charge < -0.3 is 5.32 Å². The van der Waals surface area contributed by atoms with Crippen LogP contribution in [0.2, 0.25) is 0 Å². The largest absolute Gasteiger partial charge is 0.307 e. The van der Waals surface area contributed by atoms with Crippen molar-refractivity contribution in [2.24, 2.45) is 0 Å². The van der Waals surface area contributed by atoms with Gasteiger partial charge in [-0.1, -0.05) is 18.2 Å². The molecule has 0 saturated heterocycles. The highest BCUT2D eigenvalue weighted by molar-refractivity contribution is 6.03. The normalized spacial score (nSPS) is 10.3. The maximum absolute atomic E-state index is 13.7. The Labute approximate surface area is 131 Å². The minimum Gasteiger partial charge on any atom is -0.307 e. The van der Waals surface area contributed by atoms with E-state index < -0.39 is 11.7 Å². The predicted molar refractivity (Wildman–Crippen MR) is 84.0 cm³/mol. The van der Waals surface area contributed by atoms with E-state index in [0.29, 0.717) is 22.5 Å². The fraction of sp³-hybridized carbons (Fsp3) is 0. The number of anilines is 1. The summed E-state index contributed by atoms with van der Waals surface area (Å²) >= 11 is 0. The first kappa shape index (κ1) is 14.8. The maximum atomic E-state index is 13.7. The Morgan fingerprint density at radius 1 is 0.913 bits per heavy atom. The summed E-state index contributed by atoms with van der Waals surface area (Å²) in [4.78, 5) is 16.1. The quantitative estimate of drug-likeness (QED) is 0.784. The molecule has 0 fully saturated rings. The van der Waals surface area contributed by atoms with E-state index in [0.717, 1.165) is 0 Å². The maximum Gasteiger partial charge on any atom is 0.256 e. The van der Waals surface area contributed by atoms with Gasteiger partial charge in [-0.25, -0.2) is 13.8 Å². The van der Waals surface area contributed by atoms with E-state index in [-0.39, 0.29) is 5.82 Å². The van der Waals surface area contributed by atoms with Crippen molar-refractivity contribution >= 4 is 11.7 Å². The number of amides is 1. The number of hydrogen-bond donors (Lipinski definition) is 1. The Morgan fingerprint density at radius 3 is 2.30 bits per heavy atom. The van der Waals surface area contributed by atoms with Crippen LogP contribution >= 0.6 is 0 Å². The standard InChI is InChI=1S/C18H12F2N2O/c19-14-8-5-12(6-9-14)18(23)22-17-10-7-13(11-21-17)15-3-1-2-4-16(15)20/h1-11H,(H,21,22,23). The summed E-state index contributed by atoms with van der Waals surface area (Å²) in [5.74, 6) is -0.804. The Bertz CT molecular complexity index is 830. The van der Waals surface area contributed by atoms with Crippen LogP contribution in [0.1, 0.15) is 10.4 Å². The summed E-state index contributed by atoms with van der Waals surface area (Å²) in [7, 11) is 0. The van der Waals surface area contributed by atoms with E-state index in [4.69, 9.17) is 0 Å². The number of rotatable bonds is 3. The van der Waals surface area contributed by atoms with Crippen LogP contribution in [-0.2, 0) is 0 Å². The molecule has 5 heteroatoms. The molecule has 1 heterocycles. The molecular formula is C18H12F2N2O. The van der Waals surface area contributed by atoms with Crippen molar-refractivity contribution in [2.45, 2.75) is 0 Å². The molecule has 1 N–H and O–H groups in total. The van der Waals surface area contributed by atoms with Gasteiger partial charge >= 0.3 is 0 Å². The summed E-state index contributed by atoms with van der Waals surface area (Å²) in [5.41, 5.74) is 1.38. The van der Waals surface area contributed by atoms with E-state index in [1.807, 2.05) is 0 Å². The highest BCUT2D eigenvalue weighted by atomic mass is 19.1. The zero-order chi connectivity index (χ0) is 16.2. The summed E-state index contributed by atoms with van der Waals surface area (Å²) in [6.45, 7) is 0. The second-order valence-corrected chi connectivity index (χ2v) is 4.87. The number of nitrogens with one attached hydrogen (secondary N) is 1. The SMILES string of the molecule is O=C(Nc1ccc(-c2ccccc2F)cn1)c1ccc(F)cc1. The number of pyridine rings is 1. The first-order valence-electron chi connectivity index (χ1n) is 6.91. The van der Waals surface area contributed by atoms with Gasteiger partial charge in [0.05, 0.1) is 0 Å². The molecule has 3 rings (SSSR count). The van der Waals surface area contributed by atoms with Gasteiger partial charge in [0.2, 0.25) is 0 Å². The molecule has 0 spiro atoms. The molecule has 0 aliphatic heterocycles. The first-order chi connectivity index (χ1) is 11.1. The third-order valence-electron chi connectivity index (χ3n) is 3.30. The monoisotopic (exact) mass is 310 g/mol. The molecule has 3 nitrogen and oxygen atoms in total. The summed E-state index contributed by atoms with van der Waals surface area (Å²) in [5, 5.41) is 2.60. The van der Waals surface area contributed by atoms with Gasteiger partial charge in [-0.3, -0.25) is 4.79 Å². The van der Waals surface area contributed by atoms with E-state index in [2.05, 4.69) is 10.3 Å². The molecule has 0 unspecified atom stereocenters. The third kappa shape index (κ3) is 3.40. The fourth-order valence-corrected chi connectivity index (χ4v) is 2.11. The van der Waals surface area contributed by atoms with Crippen molar-refractivity contribution in [3.8, 4) is 11.1 Å². The molecule has 3 aromatic rings. The molecular weight excluding hydrogens is 298 g/mol. The van der Waals surface area contributed by atoms with Gasteiger partial charge in [0.1, 0.15) is 17.5 Å². The van der Waals surface area contributed by atoms with Crippen molar-refractivity contribution in [2.75, 3.05) is 5.32 Å². The fourth-order valence-electron chi connectivity index (χ4n) is 2.11. The highest BCUT2D eigenvalue weighted by Gasteiger charge is 2.08. The van der Waals surface area contributed by atoms with Gasteiger partial charge in [-0.15, -0.1) is 0 Å². The van der Waals surface area contributed by atoms with Crippen LogP contribution in [0.15, 0.2) is 66.9 Å². The third-order valence-corrected chi connectivity index (χ3v) is 3.30. The average Bonchev–Trinajstić information content (AvgIpc) is 2.57. The van der Waals surface area contributed by atoms with Crippen LogP contribution in [0.5, 0.6) is 0 Å². The smallest absolute Gasteiger partial charge is 0.256 e. The molecule has 1 aromatic heterocycles. The zero-order valence-corrected chi connectivity index (χ0v) is 12.0. The number of carbonyl (C=O) groups is 1. The van der Waals surface area contributed by atoms with Crippen molar-refractivity contribution in [1.29, 1.82) is 0 Å². The first-order valence-corrected chi connectivity index (χ1v) is 6.91. The Kier molecular flexibility index (Phi) is 4.10. The summed E-state index contributed by atoms with van der Waals surface area (Å²) in [6.07, 6.45) is 1.48. The van der Waals surface area contributed by atoms with Crippen LogP contribution in [0.3, 0.4) is 0 Å². The van der Waals surface area contributed by atoms with Gasteiger partial charge in [0.25, 0.3) is 5.91 Å². The average molecular weight is 310 g/mol. The van der Waals surface area contributed by atoms with Gasteiger partial charge in [-0.05, 0) is 42.5 Å². The van der Waals surface area contributed by atoms with E-state index in [1.165, 1.54) is 36.5 Å². The summed E-state index contributed by atoms with van der Waals surface area (Å²) < 4.78 is 26.6. The second kappa shape index (κ2) is 6.36. The van der Waals surface area contributed by atoms with E-state index in [1.54, 1.807) is 30.3 Å². The van der Waals surface area contributed by atoms with Crippen LogP contribution in [-0.4, -0.2) is 10.9 Å². The van der Waals surface area contributed by atoms with Crippen LogP contribution in [0, 0.1) is 11.6 Å². The molecule has 1 amide bonds. The van der Waals surface area contributed by atoms with Crippen molar-refractivity contribution in [3.63, 3.8) is 0 Å². The Hall–Kier alpha value is -3.08. The van der Waals surface area contributed by atoms with Gasteiger partial charge in [0, 0.05) is 22.9 Å². The number of carbonyl (C=O) groups excluding carboxylic acids is 1. The number of hydrogen-bond acceptors (Lipinski definition) is 2. The number of benzene rings is 2. The van der Waals surface area contributed by atoms with Crippen LogP contribution in [0.4, 0.5) is 14.6 Å². The number of halogens is 2. The minimum absolute atomic E-state index is 0.325. The van der Waals surface area contributed by atoms with Crippen molar-refractivity contribution < 1.29 is 13.6 Å². The molecule has 0 bridgehead atoms. The zero-order valence-electron chi connectivity index (χ0n) is 12.0. The van der Waals surface area contributed by atoms with Gasteiger partial charge in [0.15, 0.2) is 0 Å². The lowest BCUT2D eigenvalue weighted by atomic mass is 10.1. The Balaban J connectivity index is 1.76. The predicted octanol–water partition coefficient (Wildman–Crippen LogP) is 4.28.